The highest BCUT2D eigenvalue weighted by molar-refractivity contribution is 14.1. The fraction of sp³-hybridized carbons (Fsp3) is 0.571. The van der Waals surface area contributed by atoms with Crippen LogP contribution < -0.4 is 10.1 Å². The van der Waals surface area contributed by atoms with E-state index in [1.54, 1.807) is 7.11 Å². The highest BCUT2D eigenvalue weighted by Gasteiger charge is 2.19. The molecule has 1 aromatic rings. The van der Waals surface area contributed by atoms with Gasteiger partial charge in [-0.15, -0.1) is 0 Å². The van der Waals surface area contributed by atoms with E-state index in [9.17, 15) is 0 Å². The molecule has 2 rings (SSSR count). The molecule has 3 heteroatoms. The maximum Gasteiger partial charge on any atom is 0.123 e. The van der Waals surface area contributed by atoms with E-state index >= 15 is 0 Å². The van der Waals surface area contributed by atoms with Crippen molar-refractivity contribution in [2.75, 3.05) is 20.2 Å². The lowest BCUT2D eigenvalue weighted by Crippen LogP contribution is -2.19. The van der Waals surface area contributed by atoms with E-state index in [4.69, 9.17) is 4.74 Å². The third kappa shape index (κ3) is 2.76. The molecule has 94 valence electrons. The Morgan fingerprint density at radius 1 is 1.47 bits per heavy atom. The van der Waals surface area contributed by atoms with Gasteiger partial charge in [-0.05, 0) is 42.5 Å². The maximum absolute atomic E-state index is 5.49. The summed E-state index contributed by atoms with van der Waals surface area (Å²) in [5.41, 5.74) is 4.32. The zero-order chi connectivity index (χ0) is 12.3. The molecule has 0 amide bonds. The average molecular weight is 345 g/mol. The van der Waals surface area contributed by atoms with Crippen LogP contribution in [0, 0.1) is 0 Å². The van der Waals surface area contributed by atoms with Gasteiger partial charge in [-0.2, -0.15) is 0 Å². The number of fused-ring (bicyclic) bond motifs is 1. The highest BCUT2D eigenvalue weighted by atomic mass is 127. The van der Waals surface area contributed by atoms with E-state index < -0.39 is 0 Å². The van der Waals surface area contributed by atoms with Crippen LogP contribution in [0.1, 0.15) is 36.0 Å². The number of nitrogens with one attached hydrogen (secondary N) is 1. The van der Waals surface area contributed by atoms with Gasteiger partial charge in [0.05, 0.1) is 7.11 Å². The van der Waals surface area contributed by atoms with Crippen LogP contribution in [0.15, 0.2) is 12.1 Å². The molecular formula is C14H20INO. The van der Waals surface area contributed by atoms with Crippen molar-refractivity contribution >= 4 is 22.6 Å². The standard InChI is InChI=1S/C14H20INO/c1-3-10-9-16-5-4-11-7-14(17-2)12(8-15)6-13(10)11/h6-7,10,16H,3-5,8-9H2,1-2H3. The summed E-state index contributed by atoms with van der Waals surface area (Å²) in [5, 5.41) is 3.53. The van der Waals surface area contributed by atoms with E-state index in [0.29, 0.717) is 5.92 Å². The summed E-state index contributed by atoms with van der Waals surface area (Å²) < 4.78 is 6.50. The predicted molar refractivity (Wildman–Crippen MR) is 80.3 cm³/mol. The van der Waals surface area contributed by atoms with Crippen molar-refractivity contribution in [3.05, 3.63) is 28.8 Å². The Morgan fingerprint density at radius 3 is 2.94 bits per heavy atom. The Kier molecular flexibility index (Phi) is 4.68. The van der Waals surface area contributed by atoms with Crippen molar-refractivity contribution in [2.45, 2.75) is 30.1 Å². The average Bonchev–Trinajstić information content (AvgIpc) is 2.58. The molecule has 2 nitrogen and oxygen atoms in total. The number of halogens is 1. The normalized spacial score (nSPS) is 19.6. The minimum absolute atomic E-state index is 0.653. The molecule has 0 spiro atoms. The van der Waals surface area contributed by atoms with Gasteiger partial charge in [-0.1, -0.05) is 35.6 Å². The summed E-state index contributed by atoms with van der Waals surface area (Å²) >= 11 is 2.41. The van der Waals surface area contributed by atoms with E-state index in [1.165, 1.54) is 23.1 Å². The minimum atomic E-state index is 0.653. The van der Waals surface area contributed by atoms with Crippen molar-refractivity contribution in [1.82, 2.24) is 5.32 Å². The van der Waals surface area contributed by atoms with Gasteiger partial charge >= 0.3 is 0 Å². The Labute approximate surface area is 117 Å². The quantitative estimate of drug-likeness (QED) is 0.671. The second-order valence-electron chi connectivity index (χ2n) is 4.56. The van der Waals surface area contributed by atoms with Gasteiger partial charge in [0.1, 0.15) is 5.75 Å². The third-order valence-corrected chi connectivity index (χ3v) is 4.40. The van der Waals surface area contributed by atoms with Gasteiger partial charge in [0.2, 0.25) is 0 Å². The summed E-state index contributed by atoms with van der Waals surface area (Å²) in [6, 6.07) is 4.61. The first-order chi connectivity index (χ1) is 8.30. The van der Waals surface area contributed by atoms with Crippen LogP contribution in [0.3, 0.4) is 0 Å². The molecule has 0 radical (unpaired) electrons. The molecule has 0 saturated heterocycles. The van der Waals surface area contributed by atoms with Crippen molar-refractivity contribution in [1.29, 1.82) is 0 Å². The summed E-state index contributed by atoms with van der Waals surface area (Å²) in [5.74, 6) is 1.70. The summed E-state index contributed by atoms with van der Waals surface area (Å²) in [6.45, 7) is 4.46. The van der Waals surface area contributed by atoms with Crippen molar-refractivity contribution < 1.29 is 4.74 Å². The van der Waals surface area contributed by atoms with E-state index in [2.05, 4.69) is 47.0 Å². The first-order valence-corrected chi connectivity index (χ1v) is 7.79. The maximum atomic E-state index is 5.49. The molecule has 17 heavy (non-hydrogen) atoms. The number of rotatable bonds is 3. The Morgan fingerprint density at radius 2 is 2.29 bits per heavy atom. The molecular weight excluding hydrogens is 325 g/mol. The van der Waals surface area contributed by atoms with Crippen molar-refractivity contribution in [3.8, 4) is 5.75 Å². The second kappa shape index (κ2) is 6.05. The fourth-order valence-electron chi connectivity index (χ4n) is 2.55. The zero-order valence-corrected chi connectivity index (χ0v) is 12.7. The molecule has 1 aliphatic rings. The predicted octanol–water partition coefficient (Wildman–Crippen LogP) is 3.27. The van der Waals surface area contributed by atoms with Crippen molar-refractivity contribution in [3.63, 3.8) is 0 Å². The monoisotopic (exact) mass is 345 g/mol. The van der Waals surface area contributed by atoms with E-state index in [-0.39, 0.29) is 0 Å². The number of hydrogen-bond acceptors (Lipinski definition) is 2. The van der Waals surface area contributed by atoms with E-state index in [1.807, 2.05) is 0 Å². The zero-order valence-electron chi connectivity index (χ0n) is 10.6. The van der Waals surface area contributed by atoms with Gasteiger partial charge in [0.15, 0.2) is 0 Å². The lowest BCUT2D eigenvalue weighted by molar-refractivity contribution is 0.410. The van der Waals surface area contributed by atoms with Crippen LogP contribution in [0.5, 0.6) is 5.75 Å². The SMILES string of the molecule is CCC1CNCCc2cc(OC)c(CI)cc21. The summed E-state index contributed by atoms with van der Waals surface area (Å²) in [6.07, 6.45) is 2.32. The van der Waals surface area contributed by atoms with Crippen LogP contribution >= 0.6 is 22.6 Å². The van der Waals surface area contributed by atoms with Crippen LogP contribution in [0.25, 0.3) is 0 Å². The molecule has 1 aromatic carbocycles. The molecule has 0 aromatic heterocycles. The molecule has 1 aliphatic heterocycles. The molecule has 0 saturated carbocycles. The number of hydrogen-bond donors (Lipinski definition) is 1. The molecule has 1 N–H and O–H groups in total. The highest BCUT2D eigenvalue weighted by Crippen LogP contribution is 2.32. The lowest BCUT2D eigenvalue weighted by atomic mass is 9.90. The van der Waals surface area contributed by atoms with Gasteiger partial charge < -0.3 is 10.1 Å². The minimum Gasteiger partial charge on any atom is -0.496 e. The molecule has 0 aliphatic carbocycles. The van der Waals surface area contributed by atoms with Crippen molar-refractivity contribution in [2.24, 2.45) is 0 Å². The first kappa shape index (κ1) is 13.1. The van der Waals surface area contributed by atoms with Crippen LogP contribution in [-0.2, 0) is 10.8 Å². The number of benzene rings is 1. The van der Waals surface area contributed by atoms with Crippen LogP contribution in [0.4, 0.5) is 0 Å². The fourth-order valence-corrected chi connectivity index (χ4v) is 3.15. The molecule has 0 bridgehead atoms. The van der Waals surface area contributed by atoms with Gasteiger partial charge in [-0.3, -0.25) is 0 Å². The lowest BCUT2D eigenvalue weighted by Gasteiger charge is -2.18. The molecule has 1 unspecified atom stereocenters. The number of alkyl halides is 1. The smallest absolute Gasteiger partial charge is 0.123 e. The second-order valence-corrected chi connectivity index (χ2v) is 5.32. The molecule has 1 heterocycles. The van der Waals surface area contributed by atoms with Crippen LogP contribution in [-0.4, -0.2) is 20.2 Å². The Bertz CT molecular complexity index is 392. The Balaban J connectivity index is 2.47. The number of ether oxygens (including phenoxy) is 1. The van der Waals surface area contributed by atoms with Gasteiger partial charge in [0.25, 0.3) is 0 Å². The van der Waals surface area contributed by atoms with Gasteiger partial charge in [-0.25, -0.2) is 0 Å². The summed E-state index contributed by atoms with van der Waals surface area (Å²) in [4.78, 5) is 0. The van der Waals surface area contributed by atoms with Gasteiger partial charge in [0, 0.05) is 16.5 Å². The largest absolute Gasteiger partial charge is 0.496 e. The van der Waals surface area contributed by atoms with Crippen LogP contribution in [0.2, 0.25) is 0 Å². The third-order valence-electron chi connectivity index (χ3n) is 3.58. The first-order valence-electron chi connectivity index (χ1n) is 6.26. The molecule has 0 fully saturated rings. The topological polar surface area (TPSA) is 21.3 Å². The Hall–Kier alpha value is -0.290. The summed E-state index contributed by atoms with van der Waals surface area (Å²) in [7, 11) is 1.77. The number of methoxy groups -OCH3 is 1. The molecule has 1 atom stereocenters. The van der Waals surface area contributed by atoms with E-state index in [0.717, 1.165) is 29.7 Å².